The summed E-state index contributed by atoms with van der Waals surface area (Å²) in [6.07, 6.45) is 1.01. The van der Waals surface area contributed by atoms with E-state index in [0.29, 0.717) is 37.1 Å². The fourth-order valence-corrected chi connectivity index (χ4v) is 4.53. The molecule has 3 aromatic rings. The molecule has 9 heteroatoms. The third-order valence-electron chi connectivity index (χ3n) is 6.60. The van der Waals surface area contributed by atoms with Crippen LogP contribution in [0.5, 0.6) is 0 Å². The van der Waals surface area contributed by atoms with Crippen molar-refractivity contribution in [2.45, 2.75) is 25.4 Å². The number of halogens is 1. The topological polar surface area (TPSA) is 91.0 Å². The number of nitrogens with zero attached hydrogens (tertiary/aromatic N) is 2. The van der Waals surface area contributed by atoms with Gasteiger partial charge in [0.05, 0.1) is 5.69 Å². The van der Waals surface area contributed by atoms with E-state index in [1.165, 1.54) is 4.90 Å². The number of amides is 2. The number of benzene rings is 3. The van der Waals surface area contributed by atoms with Gasteiger partial charge in [-0.2, -0.15) is 0 Å². The van der Waals surface area contributed by atoms with Crippen molar-refractivity contribution in [3.8, 4) is 11.1 Å². The number of piperidine rings is 1. The molecule has 1 heterocycles. The molecule has 198 valence electrons. The highest BCUT2D eigenvalue weighted by Gasteiger charge is 2.23. The Morgan fingerprint density at radius 2 is 1.68 bits per heavy atom. The predicted molar refractivity (Wildman–Crippen MR) is 149 cm³/mol. The molecule has 38 heavy (non-hydrogen) atoms. The van der Waals surface area contributed by atoms with Crippen LogP contribution in [0.15, 0.2) is 78.9 Å². The summed E-state index contributed by atoms with van der Waals surface area (Å²) in [6.45, 7) is 2.07. The Morgan fingerprint density at radius 1 is 0.974 bits per heavy atom. The first-order valence-electron chi connectivity index (χ1n) is 12.6. The van der Waals surface area contributed by atoms with Gasteiger partial charge in [0.25, 0.3) is 5.24 Å². The number of hydrogen-bond donors (Lipinski definition) is 2. The van der Waals surface area contributed by atoms with E-state index < -0.39 is 11.3 Å². The minimum atomic E-state index is -0.556. The van der Waals surface area contributed by atoms with Crippen molar-refractivity contribution in [3.63, 3.8) is 0 Å². The van der Waals surface area contributed by atoms with Crippen molar-refractivity contribution >= 4 is 40.2 Å². The first-order chi connectivity index (χ1) is 18.4. The van der Waals surface area contributed by atoms with Crippen molar-refractivity contribution in [2.75, 3.05) is 37.0 Å². The monoisotopic (exact) mass is 534 g/mol. The number of ether oxygens (including phenoxy) is 1. The summed E-state index contributed by atoms with van der Waals surface area (Å²) in [5.74, 6) is -0.0521. The highest BCUT2D eigenvalue weighted by Crippen LogP contribution is 2.27. The second-order valence-corrected chi connectivity index (χ2v) is 9.48. The number of carbonyl (C=O) groups excluding carboxylic acids is 3. The lowest BCUT2D eigenvalue weighted by molar-refractivity contribution is -0.118. The summed E-state index contributed by atoms with van der Waals surface area (Å²) in [4.78, 5) is 40.2. The molecule has 1 aliphatic heterocycles. The van der Waals surface area contributed by atoms with Gasteiger partial charge in [-0.1, -0.05) is 54.6 Å². The van der Waals surface area contributed by atoms with E-state index in [1.54, 1.807) is 31.3 Å². The third kappa shape index (κ3) is 7.34. The molecule has 1 fully saturated rings. The fraction of sp³-hybridized carbons (Fsp3) is 0.276. The van der Waals surface area contributed by atoms with E-state index in [0.717, 1.165) is 29.9 Å². The molecule has 0 radical (unpaired) electrons. The Labute approximate surface area is 227 Å². The number of likely N-dealkylation sites (tertiary alicyclic amines) is 1. The van der Waals surface area contributed by atoms with Crippen LogP contribution < -0.4 is 15.8 Å². The number of para-hydroxylation sites is 1. The van der Waals surface area contributed by atoms with Gasteiger partial charge in [0.15, 0.2) is 0 Å². The molecule has 1 saturated heterocycles. The zero-order valence-electron chi connectivity index (χ0n) is 21.2. The molecule has 0 unspecified atom stereocenters. The van der Waals surface area contributed by atoms with Crippen LogP contribution in [-0.2, 0) is 9.53 Å². The molecule has 0 aliphatic carbocycles. The quantitative estimate of drug-likeness (QED) is 0.286. The van der Waals surface area contributed by atoms with Gasteiger partial charge >= 0.3 is 6.09 Å². The minimum Gasteiger partial charge on any atom is -0.445 e. The maximum Gasteiger partial charge on any atom is 0.426 e. The first kappa shape index (κ1) is 27.2. The number of carbonyl (C=O) groups is 3. The van der Waals surface area contributed by atoms with E-state index in [9.17, 15) is 14.4 Å². The molecule has 3 aromatic carbocycles. The number of nitrogens with one attached hydrogen (secondary N) is 2. The normalized spacial score (nSPS) is 13.9. The van der Waals surface area contributed by atoms with Gasteiger partial charge in [-0.25, -0.2) is 10.2 Å². The summed E-state index contributed by atoms with van der Waals surface area (Å²) in [6, 6.07) is 24.4. The SMILES string of the molecule is CN(C(=O)CCN1CCC(OC(=O)NNc2ccccc2-c2ccccc2)CC1)c1cccc(C(=O)Cl)c1. The maximum absolute atomic E-state index is 12.7. The molecule has 0 atom stereocenters. The largest absolute Gasteiger partial charge is 0.445 e. The molecule has 0 bridgehead atoms. The molecule has 4 rings (SSSR count). The summed E-state index contributed by atoms with van der Waals surface area (Å²) < 4.78 is 5.61. The standard InChI is InChI=1S/C29H31ClN4O4/c1-33(23-11-7-10-22(20-23)28(30)36)27(35)16-19-34-17-14-24(15-18-34)38-29(37)32-31-26-13-6-5-12-25(26)21-8-3-2-4-9-21/h2-13,20,24,31H,14-19H2,1H3,(H,32,37). The van der Waals surface area contributed by atoms with Crippen molar-refractivity contribution in [2.24, 2.45) is 0 Å². The highest BCUT2D eigenvalue weighted by atomic mass is 35.5. The fourth-order valence-electron chi connectivity index (χ4n) is 4.41. The molecule has 0 saturated carbocycles. The average Bonchev–Trinajstić information content (AvgIpc) is 2.96. The summed E-state index contributed by atoms with van der Waals surface area (Å²) in [5, 5.41) is -0.556. The van der Waals surface area contributed by atoms with Gasteiger partial charge in [0.1, 0.15) is 6.10 Å². The lowest BCUT2D eigenvalue weighted by Gasteiger charge is -2.31. The Balaban J connectivity index is 1.19. The van der Waals surface area contributed by atoms with Crippen LogP contribution in [0.25, 0.3) is 11.1 Å². The van der Waals surface area contributed by atoms with Crippen molar-refractivity contribution in [3.05, 3.63) is 84.4 Å². The summed E-state index contributed by atoms with van der Waals surface area (Å²) >= 11 is 5.55. The molecule has 2 N–H and O–H groups in total. The van der Waals surface area contributed by atoms with Crippen LogP contribution in [0.2, 0.25) is 0 Å². The Bertz CT molecular complexity index is 1260. The van der Waals surface area contributed by atoms with Gasteiger partial charge in [-0.15, -0.1) is 0 Å². The number of rotatable bonds is 9. The molecule has 2 amide bonds. The van der Waals surface area contributed by atoms with Gasteiger partial charge < -0.3 is 14.5 Å². The maximum atomic E-state index is 12.7. The molecule has 0 aromatic heterocycles. The highest BCUT2D eigenvalue weighted by molar-refractivity contribution is 6.67. The van der Waals surface area contributed by atoms with Crippen molar-refractivity contribution in [1.29, 1.82) is 0 Å². The van der Waals surface area contributed by atoms with E-state index >= 15 is 0 Å². The number of hydrogen-bond acceptors (Lipinski definition) is 6. The molecular weight excluding hydrogens is 504 g/mol. The zero-order chi connectivity index (χ0) is 26.9. The summed E-state index contributed by atoms with van der Waals surface area (Å²) in [7, 11) is 1.69. The minimum absolute atomic E-state index is 0.0521. The van der Waals surface area contributed by atoms with Gasteiger partial charge in [0.2, 0.25) is 5.91 Å². The Kier molecular flexibility index (Phi) is 9.35. The van der Waals surface area contributed by atoms with Crippen LogP contribution in [0.1, 0.15) is 29.6 Å². The predicted octanol–water partition coefficient (Wildman–Crippen LogP) is 5.30. The van der Waals surface area contributed by atoms with E-state index in [4.69, 9.17) is 16.3 Å². The van der Waals surface area contributed by atoms with Crippen LogP contribution >= 0.6 is 11.6 Å². The zero-order valence-corrected chi connectivity index (χ0v) is 22.0. The van der Waals surface area contributed by atoms with Crippen LogP contribution in [0.3, 0.4) is 0 Å². The van der Waals surface area contributed by atoms with Gasteiger partial charge in [-0.05, 0) is 54.3 Å². The number of hydrazine groups is 1. The first-order valence-corrected chi connectivity index (χ1v) is 12.9. The second kappa shape index (κ2) is 13.1. The van der Waals surface area contributed by atoms with Crippen LogP contribution in [0.4, 0.5) is 16.2 Å². The second-order valence-electron chi connectivity index (χ2n) is 9.13. The van der Waals surface area contributed by atoms with E-state index in [2.05, 4.69) is 15.8 Å². The lowest BCUT2D eigenvalue weighted by atomic mass is 10.0. The lowest BCUT2D eigenvalue weighted by Crippen LogP contribution is -2.41. The van der Waals surface area contributed by atoms with Gasteiger partial charge in [-0.3, -0.25) is 15.0 Å². The van der Waals surface area contributed by atoms with Crippen LogP contribution in [0, 0.1) is 0 Å². The van der Waals surface area contributed by atoms with E-state index in [-0.39, 0.29) is 12.0 Å². The molecule has 0 spiro atoms. The van der Waals surface area contributed by atoms with Crippen LogP contribution in [-0.4, -0.2) is 54.9 Å². The van der Waals surface area contributed by atoms with Crippen molar-refractivity contribution < 1.29 is 19.1 Å². The molecular formula is C29H31ClN4O4. The Hall–Kier alpha value is -3.88. The summed E-state index contributed by atoms with van der Waals surface area (Å²) in [5.41, 5.74) is 9.39. The van der Waals surface area contributed by atoms with E-state index in [1.807, 2.05) is 54.6 Å². The molecule has 8 nitrogen and oxygen atoms in total. The third-order valence-corrected chi connectivity index (χ3v) is 6.81. The number of anilines is 2. The average molecular weight is 535 g/mol. The Morgan fingerprint density at radius 3 is 2.42 bits per heavy atom. The molecule has 1 aliphatic rings. The van der Waals surface area contributed by atoms with Crippen molar-refractivity contribution in [1.82, 2.24) is 10.3 Å². The van der Waals surface area contributed by atoms with Gasteiger partial charge in [0, 0.05) is 49.9 Å². The smallest absolute Gasteiger partial charge is 0.426 e.